The Morgan fingerprint density at radius 2 is 1.90 bits per heavy atom. The maximum Gasteiger partial charge on any atom is 0.387 e. The van der Waals surface area contributed by atoms with Crippen molar-refractivity contribution in [3.63, 3.8) is 0 Å². The number of nitrogens with one attached hydrogen (secondary N) is 1. The van der Waals surface area contributed by atoms with E-state index in [0.29, 0.717) is 11.3 Å². The van der Waals surface area contributed by atoms with Crippen LogP contribution in [0.2, 0.25) is 5.02 Å². The molecule has 0 spiro atoms. The van der Waals surface area contributed by atoms with Gasteiger partial charge in [-0.15, -0.1) is 0 Å². The quantitative estimate of drug-likeness (QED) is 0.865. The summed E-state index contributed by atoms with van der Waals surface area (Å²) < 4.78 is 42.2. The van der Waals surface area contributed by atoms with Crippen molar-refractivity contribution >= 4 is 17.3 Å². The molecule has 0 aliphatic carbocycles. The fourth-order valence-corrected chi connectivity index (χ4v) is 1.78. The first kappa shape index (κ1) is 14.5. The van der Waals surface area contributed by atoms with Crippen LogP contribution >= 0.6 is 11.6 Å². The summed E-state index contributed by atoms with van der Waals surface area (Å²) in [6.45, 7) is -2.66. The lowest BCUT2D eigenvalue weighted by Crippen LogP contribution is -2.07. The third kappa shape index (κ3) is 3.81. The molecule has 0 atom stereocenters. The molecule has 20 heavy (non-hydrogen) atoms. The normalized spacial score (nSPS) is 10.7. The van der Waals surface area contributed by atoms with Gasteiger partial charge in [0, 0.05) is 17.8 Å². The Morgan fingerprint density at radius 3 is 2.60 bits per heavy atom. The largest absolute Gasteiger partial charge is 0.434 e. The van der Waals surface area contributed by atoms with Gasteiger partial charge >= 0.3 is 6.61 Å². The standard InChI is InChI=1S/C14H11ClF3NO/c15-11-6-5-10(7-12(11)16)19-8-9-3-1-2-4-13(9)20-14(17)18/h1-7,14,19H,8H2. The van der Waals surface area contributed by atoms with Crippen molar-refractivity contribution in [1.29, 1.82) is 0 Å². The van der Waals surface area contributed by atoms with Gasteiger partial charge in [0.2, 0.25) is 0 Å². The Morgan fingerprint density at radius 1 is 1.15 bits per heavy atom. The highest BCUT2D eigenvalue weighted by molar-refractivity contribution is 6.30. The minimum absolute atomic E-state index is 0.0250. The Kier molecular flexibility index (Phi) is 4.74. The lowest BCUT2D eigenvalue weighted by Gasteiger charge is -2.12. The van der Waals surface area contributed by atoms with Crippen molar-refractivity contribution in [1.82, 2.24) is 0 Å². The molecule has 106 valence electrons. The van der Waals surface area contributed by atoms with Crippen molar-refractivity contribution in [2.24, 2.45) is 0 Å². The summed E-state index contributed by atoms with van der Waals surface area (Å²) in [4.78, 5) is 0. The van der Waals surface area contributed by atoms with Gasteiger partial charge in [0.1, 0.15) is 11.6 Å². The van der Waals surface area contributed by atoms with Crippen LogP contribution in [0.15, 0.2) is 42.5 Å². The third-order valence-corrected chi connectivity index (χ3v) is 2.90. The Bertz CT molecular complexity index is 592. The third-order valence-electron chi connectivity index (χ3n) is 2.59. The molecule has 2 aromatic rings. The SMILES string of the molecule is Fc1cc(NCc2ccccc2OC(F)F)ccc1Cl. The van der Waals surface area contributed by atoms with E-state index in [2.05, 4.69) is 10.1 Å². The minimum atomic E-state index is -2.89. The lowest BCUT2D eigenvalue weighted by molar-refractivity contribution is -0.0504. The average Bonchev–Trinajstić information content (AvgIpc) is 2.41. The number of hydrogen-bond donors (Lipinski definition) is 1. The summed E-state index contributed by atoms with van der Waals surface area (Å²) in [6, 6.07) is 10.7. The van der Waals surface area contributed by atoms with E-state index in [-0.39, 0.29) is 17.3 Å². The first-order chi connectivity index (χ1) is 9.56. The van der Waals surface area contributed by atoms with Crippen molar-refractivity contribution in [2.45, 2.75) is 13.2 Å². The second kappa shape index (κ2) is 6.52. The lowest BCUT2D eigenvalue weighted by atomic mass is 10.2. The minimum Gasteiger partial charge on any atom is -0.434 e. The van der Waals surface area contributed by atoms with Crippen LogP contribution in [-0.2, 0) is 6.54 Å². The molecule has 6 heteroatoms. The molecular formula is C14H11ClF3NO. The molecule has 0 heterocycles. The van der Waals surface area contributed by atoms with Gasteiger partial charge in [-0.05, 0) is 24.3 Å². The van der Waals surface area contributed by atoms with E-state index < -0.39 is 12.4 Å². The van der Waals surface area contributed by atoms with Crippen LogP contribution in [0.3, 0.4) is 0 Å². The van der Waals surface area contributed by atoms with Crippen LogP contribution in [0, 0.1) is 5.82 Å². The van der Waals surface area contributed by atoms with Crippen LogP contribution in [0.25, 0.3) is 0 Å². The number of para-hydroxylation sites is 1. The number of anilines is 1. The molecular weight excluding hydrogens is 291 g/mol. The fraction of sp³-hybridized carbons (Fsp3) is 0.143. The van der Waals surface area contributed by atoms with Gasteiger partial charge in [-0.2, -0.15) is 8.78 Å². The Labute approximate surface area is 119 Å². The molecule has 2 aromatic carbocycles. The van der Waals surface area contributed by atoms with Crippen LogP contribution < -0.4 is 10.1 Å². The van der Waals surface area contributed by atoms with Crippen molar-refractivity contribution in [2.75, 3.05) is 5.32 Å². The van der Waals surface area contributed by atoms with Gasteiger partial charge in [0.25, 0.3) is 0 Å². The maximum absolute atomic E-state index is 13.3. The van der Waals surface area contributed by atoms with E-state index in [9.17, 15) is 13.2 Å². The molecule has 1 N–H and O–H groups in total. The molecule has 0 fully saturated rings. The van der Waals surface area contributed by atoms with E-state index >= 15 is 0 Å². The van der Waals surface area contributed by atoms with Crippen LogP contribution in [-0.4, -0.2) is 6.61 Å². The first-order valence-electron chi connectivity index (χ1n) is 5.78. The zero-order chi connectivity index (χ0) is 14.5. The zero-order valence-electron chi connectivity index (χ0n) is 10.2. The predicted molar refractivity (Wildman–Crippen MR) is 71.8 cm³/mol. The topological polar surface area (TPSA) is 21.3 Å². The molecule has 0 amide bonds. The fourth-order valence-electron chi connectivity index (χ4n) is 1.66. The van der Waals surface area contributed by atoms with Gasteiger partial charge in [-0.3, -0.25) is 0 Å². The van der Waals surface area contributed by atoms with Gasteiger partial charge < -0.3 is 10.1 Å². The number of hydrogen-bond acceptors (Lipinski definition) is 2. The highest BCUT2D eigenvalue weighted by atomic mass is 35.5. The Balaban J connectivity index is 2.08. The van der Waals surface area contributed by atoms with Gasteiger partial charge in [0.05, 0.1) is 5.02 Å². The molecule has 0 unspecified atom stereocenters. The second-order valence-electron chi connectivity index (χ2n) is 3.97. The number of benzene rings is 2. The molecule has 2 nitrogen and oxygen atoms in total. The van der Waals surface area contributed by atoms with Gasteiger partial charge in [-0.1, -0.05) is 29.8 Å². The molecule has 0 saturated heterocycles. The van der Waals surface area contributed by atoms with E-state index in [1.54, 1.807) is 24.3 Å². The molecule has 2 rings (SSSR count). The molecule has 0 aromatic heterocycles. The highest BCUT2D eigenvalue weighted by Crippen LogP contribution is 2.23. The van der Waals surface area contributed by atoms with Crippen molar-refractivity contribution in [3.05, 3.63) is 58.9 Å². The summed E-state index contributed by atoms with van der Waals surface area (Å²) >= 11 is 5.57. The highest BCUT2D eigenvalue weighted by Gasteiger charge is 2.09. The molecule has 0 saturated carbocycles. The van der Waals surface area contributed by atoms with Gasteiger partial charge in [0.15, 0.2) is 0 Å². The summed E-state index contributed by atoms with van der Waals surface area (Å²) in [5.74, 6) is -0.460. The smallest absolute Gasteiger partial charge is 0.387 e. The van der Waals surface area contributed by atoms with E-state index in [1.807, 2.05) is 0 Å². The second-order valence-corrected chi connectivity index (χ2v) is 4.38. The number of rotatable bonds is 5. The van der Waals surface area contributed by atoms with E-state index in [4.69, 9.17) is 11.6 Å². The van der Waals surface area contributed by atoms with Crippen molar-refractivity contribution < 1.29 is 17.9 Å². The molecule has 0 radical (unpaired) electrons. The zero-order valence-corrected chi connectivity index (χ0v) is 11.0. The molecule has 0 bridgehead atoms. The van der Waals surface area contributed by atoms with Crippen LogP contribution in [0.5, 0.6) is 5.75 Å². The van der Waals surface area contributed by atoms with Gasteiger partial charge in [-0.25, -0.2) is 4.39 Å². The number of ether oxygens (including phenoxy) is 1. The average molecular weight is 302 g/mol. The summed E-state index contributed by atoms with van der Waals surface area (Å²) in [7, 11) is 0. The molecule has 0 aliphatic rings. The summed E-state index contributed by atoms with van der Waals surface area (Å²) in [5.41, 5.74) is 1.04. The first-order valence-corrected chi connectivity index (χ1v) is 6.15. The van der Waals surface area contributed by atoms with Crippen LogP contribution in [0.4, 0.5) is 18.9 Å². The van der Waals surface area contributed by atoms with E-state index in [0.717, 1.165) is 0 Å². The maximum atomic E-state index is 13.3. The Hall–Kier alpha value is -1.88. The van der Waals surface area contributed by atoms with Crippen LogP contribution in [0.1, 0.15) is 5.56 Å². The summed E-state index contributed by atoms with van der Waals surface area (Å²) in [5, 5.41) is 2.94. The van der Waals surface area contributed by atoms with Crippen molar-refractivity contribution in [3.8, 4) is 5.75 Å². The molecule has 0 aliphatic heterocycles. The van der Waals surface area contributed by atoms with E-state index in [1.165, 1.54) is 18.2 Å². The summed E-state index contributed by atoms with van der Waals surface area (Å²) in [6.07, 6.45) is 0. The predicted octanol–water partition coefficient (Wildman–Crippen LogP) is 4.69. The number of alkyl halides is 2. The monoisotopic (exact) mass is 301 g/mol. The number of halogens is 4.